The lowest BCUT2D eigenvalue weighted by molar-refractivity contribution is -0.145. The summed E-state index contributed by atoms with van der Waals surface area (Å²) in [4.78, 5) is 11.8. The van der Waals surface area contributed by atoms with Crippen molar-refractivity contribution in [1.82, 2.24) is 5.32 Å². The van der Waals surface area contributed by atoms with E-state index >= 15 is 0 Å². The molecule has 4 nitrogen and oxygen atoms in total. The second-order valence-corrected chi connectivity index (χ2v) is 5.70. The standard InChI is InChI=1S/C13H27NO3/c1-10(2)14-11(15)13(5,6)17-9-8-12(3,4)16-7/h10H,8-9H2,1-7H3,(H,14,15). The van der Waals surface area contributed by atoms with Crippen molar-refractivity contribution in [3.8, 4) is 0 Å². The molecule has 4 heteroatoms. The summed E-state index contributed by atoms with van der Waals surface area (Å²) in [6.45, 7) is 11.9. The van der Waals surface area contributed by atoms with Crippen LogP contribution in [0.4, 0.5) is 0 Å². The lowest BCUT2D eigenvalue weighted by Crippen LogP contribution is -2.47. The van der Waals surface area contributed by atoms with Crippen molar-refractivity contribution in [2.75, 3.05) is 13.7 Å². The van der Waals surface area contributed by atoms with Crippen LogP contribution in [0.25, 0.3) is 0 Å². The molecule has 0 bridgehead atoms. The quantitative estimate of drug-likeness (QED) is 0.747. The Balaban J connectivity index is 4.14. The van der Waals surface area contributed by atoms with E-state index in [1.165, 1.54) is 0 Å². The summed E-state index contributed by atoms with van der Waals surface area (Å²) in [5.74, 6) is -0.0808. The fourth-order valence-corrected chi connectivity index (χ4v) is 1.16. The van der Waals surface area contributed by atoms with Crippen molar-refractivity contribution < 1.29 is 14.3 Å². The van der Waals surface area contributed by atoms with Gasteiger partial charge in [0.05, 0.1) is 12.2 Å². The van der Waals surface area contributed by atoms with Crippen LogP contribution in [0, 0.1) is 0 Å². The molecule has 0 aliphatic rings. The first kappa shape index (κ1) is 16.4. The fraction of sp³-hybridized carbons (Fsp3) is 0.923. The van der Waals surface area contributed by atoms with E-state index in [1.54, 1.807) is 21.0 Å². The molecule has 0 saturated carbocycles. The van der Waals surface area contributed by atoms with Crippen LogP contribution in [0.15, 0.2) is 0 Å². The van der Waals surface area contributed by atoms with Gasteiger partial charge >= 0.3 is 0 Å². The highest BCUT2D eigenvalue weighted by Crippen LogP contribution is 2.16. The first-order valence-corrected chi connectivity index (χ1v) is 6.11. The molecule has 0 unspecified atom stereocenters. The maximum absolute atomic E-state index is 11.8. The van der Waals surface area contributed by atoms with E-state index in [1.807, 2.05) is 27.7 Å². The highest BCUT2D eigenvalue weighted by atomic mass is 16.5. The number of carbonyl (C=O) groups excluding carboxylic acids is 1. The molecule has 1 N–H and O–H groups in total. The van der Waals surface area contributed by atoms with Gasteiger partial charge in [-0.25, -0.2) is 0 Å². The fourth-order valence-electron chi connectivity index (χ4n) is 1.16. The summed E-state index contributed by atoms with van der Waals surface area (Å²) in [5, 5.41) is 2.85. The Morgan fingerprint density at radius 1 is 1.24 bits per heavy atom. The summed E-state index contributed by atoms with van der Waals surface area (Å²) in [5.41, 5.74) is -1.02. The molecule has 0 heterocycles. The summed E-state index contributed by atoms with van der Waals surface area (Å²) in [7, 11) is 1.68. The number of rotatable bonds is 7. The summed E-state index contributed by atoms with van der Waals surface area (Å²) in [6.07, 6.45) is 0.752. The van der Waals surface area contributed by atoms with E-state index in [-0.39, 0.29) is 17.6 Å². The van der Waals surface area contributed by atoms with Crippen LogP contribution >= 0.6 is 0 Å². The number of nitrogens with one attached hydrogen (secondary N) is 1. The summed E-state index contributed by atoms with van der Waals surface area (Å²) < 4.78 is 10.9. The van der Waals surface area contributed by atoms with Gasteiger partial charge < -0.3 is 14.8 Å². The molecule has 0 aliphatic carbocycles. The topological polar surface area (TPSA) is 47.6 Å². The van der Waals surface area contributed by atoms with Crippen LogP contribution < -0.4 is 5.32 Å². The summed E-state index contributed by atoms with van der Waals surface area (Å²) >= 11 is 0. The molecule has 0 radical (unpaired) electrons. The number of methoxy groups -OCH3 is 1. The van der Waals surface area contributed by atoms with Crippen LogP contribution in [0.2, 0.25) is 0 Å². The highest BCUT2D eigenvalue weighted by molar-refractivity contribution is 5.84. The smallest absolute Gasteiger partial charge is 0.251 e. The minimum Gasteiger partial charge on any atom is -0.379 e. The Kier molecular flexibility index (Phi) is 6.13. The molecule has 0 aromatic carbocycles. The number of carbonyl (C=O) groups is 1. The van der Waals surface area contributed by atoms with Crippen molar-refractivity contribution in [2.45, 2.75) is 65.2 Å². The Labute approximate surface area is 105 Å². The Morgan fingerprint density at radius 3 is 2.18 bits per heavy atom. The third kappa shape index (κ3) is 6.64. The van der Waals surface area contributed by atoms with Gasteiger partial charge in [-0.15, -0.1) is 0 Å². The zero-order chi connectivity index (χ0) is 13.7. The predicted molar refractivity (Wildman–Crippen MR) is 69.0 cm³/mol. The number of ether oxygens (including phenoxy) is 2. The van der Waals surface area contributed by atoms with Crippen molar-refractivity contribution in [3.63, 3.8) is 0 Å². The second-order valence-electron chi connectivity index (χ2n) is 5.70. The van der Waals surface area contributed by atoms with Crippen molar-refractivity contribution in [2.24, 2.45) is 0 Å². The molecule has 17 heavy (non-hydrogen) atoms. The Bertz CT molecular complexity index is 247. The van der Waals surface area contributed by atoms with Gasteiger partial charge in [0, 0.05) is 13.2 Å². The van der Waals surface area contributed by atoms with Gasteiger partial charge in [0.1, 0.15) is 5.60 Å². The SMILES string of the molecule is COC(C)(C)CCOC(C)(C)C(=O)NC(C)C. The van der Waals surface area contributed by atoms with Gasteiger partial charge in [0.2, 0.25) is 0 Å². The normalized spacial score (nSPS) is 12.9. The molecular weight excluding hydrogens is 218 g/mol. The number of hydrogen-bond donors (Lipinski definition) is 1. The Morgan fingerprint density at radius 2 is 1.76 bits per heavy atom. The molecule has 0 aliphatic heterocycles. The minimum atomic E-state index is -0.798. The first-order chi connectivity index (χ1) is 7.60. The molecule has 0 aromatic rings. The van der Waals surface area contributed by atoms with Crippen molar-refractivity contribution in [1.29, 1.82) is 0 Å². The molecular formula is C13H27NO3. The van der Waals surface area contributed by atoms with Crippen LogP contribution in [0.5, 0.6) is 0 Å². The van der Waals surface area contributed by atoms with Crippen LogP contribution in [0.3, 0.4) is 0 Å². The maximum Gasteiger partial charge on any atom is 0.251 e. The van der Waals surface area contributed by atoms with E-state index in [4.69, 9.17) is 9.47 Å². The van der Waals surface area contributed by atoms with E-state index in [0.717, 1.165) is 6.42 Å². The monoisotopic (exact) mass is 245 g/mol. The van der Waals surface area contributed by atoms with Gasteiger partial charge in [0.15, 0.2) is 0 Å². The number of amides is 1. The molecule has 0 rings (SSSR count). The maximum atomic E-state index is 11.8. The van der Waals surface area contributed by atoms with E-state index in [0.29, 0.717) is 6.61 Å². The highest BCUT2D eigenvalue weighted by Gasteiger charge is 2.29. The molecule has 0 atom stereocenters. The minimum absolute atomic E-state index is 0.0808. The van der Waals surface area contributed by atoms with E-state index in [9.17, 15) is 4.79 Å². The third-order valence-electron chi connectivity index (χ3n) is 2.69. The van der Waals surface area contributed by atoms with E-state index in [2.05, 4.69) is 5.32 Å². The lowest BCUT2D eigenvalue weighted by atomic mass is 10.1. The number of hydrogen-bond acceptors (Lipinski definition) is 3. The van der Waals surface area contributed by atoms with Crippen molar-refractivity contribution >= 4 is 5.91 Å². The lowest BCUT2D eigenvalue weighted by Gasteiger charge is -2.28. The third-order valence-corrected chi connectivity index (χ3v) is 2.69. The predicted octanol–water partition coefficient (Wildman–Crippen LogP) is 2.12. The van der Waals surface area contributed by atoms with E-state index < -0.39 is 5.60 Å². The second kappa shape index (κ2) is 6.36. The molecule has 1 amide bonds. The zero-order valence-corrected chi connectivity index (χ0v) is 12.2. The van der Waals surface area contributed by atoms with Gasteiger partial charge in [-0.1, -0.05) is 0 Å². The molecule has 0 aromatic heterocycles. The average molecular weight is 245 g/mol. The van der Waals surface area contributed by atoms with Crippen LogP contribution in [0.1, 0.15) is 48.0 Å². The molecule has 102 valence electrons. The summed E-state index contributed by atoms with van der Waals surface area (Å²) in [6, 6.07) is 0.126. The zero-order valence-electron chi connectivity index (χ0n) is 12.2. The van der Waals surface area contributed by atoms with Gasteiger partial charge in [0.25, 0.3) is 5.91 Å². The largest absolute Gasteiger partial charge is 0.379 e. The van der Waals surface area contributed by atoms with Gasteiger partial charge in [-0.3, -0.25) is 4.79 Å². The van der Waals surface area contributed by atoms with Crippen LogP contribution in [-0.4, -0.2) is 36.9 Å². The molecule has 0 fully saturated rings. The molecule has 0 saturated heterocycles. The first-order valence-electron chi connectivity index (χ1n) is 6.11. The average Bonchev–Trinajstić information content (AvgIpc) is 2.16. The van der Waals surface area contributed by atoms with Gasteiger partial charge in [-0.05, 0) is 48.0 Å². The van der Waals surface area contributed by atoms with Crippen molar-refractivity contribution in [3.05, 3.63) is 0 Å². The van der Waals surface area contributed by atoms with Gasteiger partial charge in [-0.2, -0.15) is 0 Å². The van der Waals surface area contributed by atoms with Crippen LogP contribution in [-0.2, 0) is 14.3 Å². The molecule has 0 spiro atoms. The Hall–Kier alpha value is -0.610.